The quantitative estimate of drug-likeness (QED) is 0.449. The van der Waals surface area contributed by atoms with Crippen molar-refractivity contribution in [3.63, 3.8) is 0 Å². The SMILES string of the molecule is CC1([Si](C)(C)C)C=CC(C)([Si](C)(C)C)CC1. The van der Waals surface area contributed by atoms with Crippen molar-refractivity contribution in [2.75, 3.05) is 0 Å². The molecule has 0 saturated carbocycles. The highest BCUT2D eigenvalue weighted by atomic mass is 28.3. The molecule has 0 aliphatic heterocycles. The Morgan fingerprint density at radius 2 is 0.938 bits per heavy atom. The van der Waals surface area contributed by atoms with Gasteiger partial charge in [0.25, 0.3) is 0 Å². The van der Waals surface area contributed by atoms with E-state index in [-0.39, 0.29) is 0 Å². The Hall–Kier alpha value is 0.174. The second kappa shape index (κ2) is 3.84. The minimum Gasteiger partial charge on any atom is -0.0850 e. The highest BCUT2D eigenvalue weighted by Gasteiger charge is 2.45. The van der Waals surface area contributed by atoms with E-state index in [0.29, 0.717) is 10.1 Å². The van der Waals surface area contributed by atoms with Crippen LogP contribution in [-0.2, 0) is 0 Å². The van der Waals surface area contributed by atoms with Crippen molar-refractivity contribution in [3.05, 3.63) is 12.2 Å². The maximum atomic E-state index is 2.58. The molecule has 2 unspecified atom stereocenters. The van der Waals surface area contributed by atoms with Crippen LogP contribution in [0.5, 0.6) is 0 Å². The predicted molar refractivity (Wildman–Crippen MR) is 81.8 cm³/mol. The molecule has 0 N–H and O–H groups in total. The lowest BCUT2D eigenvalue weighted by Gasteiger charge is -2.48. The standard InChI is InChI=1S/C14H30Si2/c1-13(15(3,4)5)9-11-14(2,12-10-13)16(6,7)8/h9,11H,10,12H2,1-8H3. The summed E-state index contributed by atoms with van der Waals surface area (Å²) in [5.74, 6) is 0. The van der Waals surface area contributed by atoms with Crippen LogP contribution >= 0.6 is 0 Å². The lowest BCUT2D eigenvalue weighted by atomic mass is 9.89. The third kappa shape index (κ3) is 2.38. The first-order valence-corrected chi connectivity index (χ1v) is 13.6. The van der Waals surface area contributed by atoms with E-state index in [1.807, 2.05) is 0 Å². The van der Waals surface area contributed by atoms with Gasteiger partial charge in [-0.3, -0.25) is 0 Å². The zero-order valence-electron chi connectivity index (χ0n) is 12.6. The van der Waals surface area contributed by atoms with Crippen molar-refractivity contribution in [3.8, 4) is 0 Å². The average Bonchev–Trinajstić information content (AvgIpc) is 2.07. The number of rotatable bonds is 2. The lowest BCUT2D eigenvalue weighted by Crippen LogP contribution is -2.43. The molecule has 0 spiro atoms. The smallest absolute Gasteiger partial charge is 0.0545 e. The fraction of sp³-hybridized carbons (Fsp3) is 0.857. The van der Waals surface area contributed by atoms with Crippen LogP contribution in [0.4, 0.5) is 0 Å². The molecule has 16 heavy (non-hydrogen) atoms. The maximum absolute atomic E-state index is 2.58. The zero-order chi connectivity index (χ0) is 12.8. The molecule has 0 aromatic carbocycles. The van der Waals surface area contributed by atoms with Crippen molar-refractivity contribution < 1.29 is 0 Å². The lowest BCUT2D eigenvalue weighted by molar-refractivity contribution is 0.504. The summed E-state index contributed by atoms with van der Waals surface area (Å²) in [5.41, 5.74) is 0. The minimum absolute atomic E-state index is 0.520. The van der Waals surface area contributed by atoms with Gasteiger partial charge in [0.05, 0.1) is 16.1 Å². The van der Waals surface area contributed by atoms with Crippen LogP contribution in [0, 0.1) is 0 Å². The monoisotopic (exact) mass is 254 g/mol. The van der Waals surface area contributed by atoms with Crippen molar-refractivity contribution in [2.45, 2.75) is 76.0 Å². The Balaban J connectivity index is 3.00. The molecular weight excluding hydrogens is 224 g/mol. The van der Waals surface area contributed by atoms with Crippen LogP contribution in [0.1, 0.15) is 26.7 Å². The fourth-order valence-electron chi connectivity index (χ4n) is 2.30. The molecule has 0 nitrogen and oxygen atoms in total. The van der Waals surface area contributed by atoms with E-state index in [4.69, 9.17) is 0 Å². The third-order valence-electron chi connectivity index (χ3n) is 5.41. The third-order valence-corrected chi connectivity index (χ3v) is 13.1. The molecule has 1 aliphatic rings. The Morgan fingerprint density at radius 3 is 1.06 bits per heavy atom. The summed E-state index contributed by atoms with van der Waals surface area (Å²) in [6, 6.07) is 0. The molecule has 0 amide bonds. The second-order valence-electron chi connectivity index (χ2n) is 8.17. The molecular formula is C14H30Si2. The fourth-order valence-corrected chi connectivity index (χ4v) is 5.22. The molecule has 0 aromatic heterocycles. The van der Waals surface area contributed by atoms with E-state index >= 15 is 0 Å². The van der Waals surface area contributed by atoms with Gasteiger partial charge in [-0.05, 0) is 22.9 Å². The van der Waals surface area contributed by atoms with Gasteiger partial charge in [-0.1, -0.05) is 65.3 Å². The Labute approximate surface area is 105 Å². The molecule has 0 bridgehead atoms. The Bertz CT molecular complexity index is 263. The molecule has 2 heteroatoms. The first kappa shape index (κ1) is 14.2. The van der Waals surface area contributed by atoms with Crippen LogP contribution in [0.2, 0.25) is 49.4 Å². The Kier molecular flexibility index (Phi) is 3.42. The number of hydrogen-bond acceptors (Lipinski definition) is 0. The summed E-state index contributed by atoms with van der Waals surface area (Å²) in [6.07, 6.45) is 7.97. The van der Waals surface area contributed by atoms with Gasteiger partial charge in [0.1, 0.15) is 0 Å². The van der Waals surface area contributed by atoms with Gasteiger partial charge in [0.15, 0.2) is 0 Å². The van der Waals surface area contributed by atoms with E-state index < -0.39 is 16.1 Å². The molecule has 1 aliphatic carbocycles. The van der Waals surface area contributed by atoms with Crippen LogP contribution in [0.25, 0.3) is 0 Å². The first-order chi connectivity index (χ1) is 6.91. The maximum Gasteiger partial charge on any atom is 0.0545 e. The molecule has 0 heterocycles. The van der Waals surface area contributed by atoms with E-state index in [2.05, 4.69) is 65.3 Å². The summed E-state index contributed by atoms with van der Waals surface area (Å²) < 4.78 is 0. The van der Waals surface area contributed by atoms with Gasteiger partial charge >= 0.3 is 0 Å². The van der Waals surface area contributed by atoms with Gasteiger partial charge in [-0.25, -0.2) is 0 Å². The van der Waals surface area contributed by atoms with Crippen molar-refractivity contribution in [2.24, 2.45) is 0 Å². The largest absolute Gasteiger partial charge is 0.0850 e. The van der Waals surface area contributed by atoms with Crippen LogP contribution in [-0.4, -0.2) is 16.1 Å². The van der Waals surface area contributed by atoms with Gasteiger partial charge in [-0.15, -0.1) is 0 Å². The average molecular weight is 255 g/mol. The zero-order valence-corrected chi connectivity index (χ0v) is 14.6. The second-order valence-corrected chi connectivity index (χ2v) is 19.5. The highest BCUT2D eigenvalue weighted by molar-refractivity contribution is 6.80. The van der Waals surface area contributed by atoms with E-state index in [0.717, 1.165) is 0 Å². The first-order valence-electron chi connectivity index (χ1n) is 6.62. The van der Waals surface area contributed by atoms with Crippen LogP contribution in [0.3, 0.4) is 0 Å². The summed E-state index contributed by atoms with van der Waals surface area (Å²) >= 11 is 0. The van der Waals surface area contributed by atoms with E-state index in [1.54, 1.807) is 0 Å². The molecule has 2 atom stereocenters. The van der Waals surface area contributed by atoms with Gasteiger partial charge < -0.3 is 0 Å². The summed E-state index contributed by atoms with van der Waals surface area (Å²) in [7, 11) is -2.15. The summed E-state index contributed by atoms with van der Waals surface area (Å²) in [4.78, 5) is 0. The van der Waals surface area contributed by atoms with Crippen LogP contribution < -0.4 is 0 Å². The molecule has 1 rings (SSSR count). The molecule has 94 valence electrons. The predicted octanol–water partition coefficient (Wildman–Crippen LogP) is 5.53. The highest BCUT2D eigenvalue weighted by Crippen LogP contribution is 2.56. The molecule has 0 saturated heterocycles. The van der Waals surface area contributed by atoms with Crippen molar-refractivity contribution in [1.82, 2.24) is 0 Å². The Morgan fingerprint density at radius 1 is 0.688 bits per heavy atom. The van der Waals surface area contributed by atoms with Gasteiger partial charge in [0.2, 0.25) is 0 Å². The normalized spacial score (nSPS) is 36.5. The summed E-state index contributed by atoms with van der Waals surface area (Å²) in [6.45, 7) is 20.0. The van der Waals surface area contributed by atoms with Crippen molar-refractivity contribution in [1.29, 1.82) is 0 Å². The summed E-state index contributed by atoms with van der Waals surface area (Å²) in [5, 5.41) is 1.04. The van der Waals surface area contributed by atoms with Gasteiger partial charge in [-0.2, -0.15) is 0 Å². The van der Waals surface area contributed by atoms with Gasteiger partial charge in [0, 0.05) is 0 Å². The topological polar surface area (TPSA) is 0 Å². The van der Waals surface area contributed by atoms with Crippen molar-refractivity contribution >= 4 is 16.1 Å². The minimum atomic E-state index is -1.07. The molecule has 0 aromatic rings. The van der Waals surface area contributed by atoms with E-state index in [9.17, 15) is 0 Å². The van der Waals surface area contributed by atoms with E-state index in [1.165, 1.54) is 12.8 Å². The van der Waals surface area contributed by atoms with Crippen LogP contribution in [0.15, 0.2) is 12.2 Å². The number of allylic oxidation sites excluding steroid dienone is 2. The number of hydrogen-bond donors (Lipinski definition) is 0. The molecule has 0 radical (unpaired) electrons. The molecule has 0 fully saturated rings.